The summed E-state index contributed by atoms with van der Waals surface area (Å²) in [6.07, 6.45) is 0.841. The highest BCUT2D eigenvalue weighted by atomic mass is 35.5. The Morgan fingerprint density at radius 1 is 1.41 bits per heavy atom. The maximum atomic E-state index is 9.08. The lowest BCUT2D eigenvalue weighted by Gasteiger charge is -2.17. The monoisotopic (exact) mass is 249 g/mol. The molecule has 1 saturated heterocycles. The maximum Gasteiger partial charge on any atom is 0.142 e. The number of hydrogen-bond acceptors (Lipinski definition) is 4. The Bertz CT molecular complexity index is 485. The average Bonchev–Trinajstić information content (AvgIpc) is 2.65. The number of para-hydroxylation sites is 1. The molecule has 5 heteroatoms. The molecule has 2 heterocycles. The summed E-state index contributed by atoms with van der Waals surface area (Å²) in [7, 11) is 0. The summed E-state index contributed by atoms with van der Waals surface area (Å²) < 4.78 is 5.70. The van der Waals surface area contributed by atoms with E-state index in [2.05, 4.69) is 16.9 Å². The number of hydrazine groups is 1. The molecule has 2 aliphatic heterocycles. The molecule has 2 N–H and O–H groups in total. The normalized spacial score (nSPS) is 30.7. The first-order chi connectivity index (χ1) is 8.31. The molecule has 0 saturated carbocycles. The van der Waals surface area contributed by atoms with Crippen LogP contribution in [0.25, 0.3) is 0 Å². The molecular formula is C12H12ClN3O. The SMILES string of the molecule is N#CC1NNC2c3cccc(Cl)c3OCCC12. The van der Waals surface area contributed by atoms with Gasteiger partial charge in [0.15, 0.2) is 0 Å². The topological polar surface area (TPSA) is 57.1 Å². The van der Waals surface area contributed by atoms with Crippen molar-refractivity contribution in [2.24, 2.45) is 5.92 Å². The number of hydrogen-bond donors (Lipinski definition) is 2. The summed E-state index contributed by atoms with van der Waals surface area (Å²) in [6, 6.07) is 7.93. The van der Waals surface area contributed by atoms with Gasteiger partial charge in [-0.3, -0.25) is 0 Å². The summed E-state index contributed by atoms with van der Waals surface area (Å²) in [4.78, 5) is 0. The smallest absolute Gasteiger partial charge is 0.142 e. The van der Waals surface area contributed by atoms with Gasteiger partial charge >= 0.3 is 0 Å². The second-order valence-electron chi connectivity index (χ2n) is 4.33. The molecule has 1 fully saturated rings. The minimum atomic E-state index is -0.173. The Morgan fingerprint density at radius 2 is 2.29 bits per heavy atom. The maximum absolute atomic E-state index is 9.08. The Kier molecular flexibility index (Phi) is 2.67. The van der Waals surface area contributed by atoms with Crippen LogP contribution in [0.5, 0.6) is 5.75 Å². The van der Waals surface area contributed by atoms with E-state index in [0.717, 1.165) is 17.7 Å². The molecule has 0 radical (unpaired) electrons. The third-order valence-electron chi connectivity index (χ3n) is 3.42. The molecule has 17 heavy (non-hydrogen) atoms. The van der Waals surface area contributed by atoms with Crippen LogP contribution in [0.3, 0.4) is 0 Å². The number of rotatable bonds is 0. The van der Waals surface area contributed by atoms with E-state index in [1.807, 2.05) is 18.2 Å². The minimum absolute atomic E-state index is 0.0934. The second-order valence-corrected chi connectivity index (χ2v) is 4.74. The van der Waals surface area contributed by atoms with Crippen LogP contribution in [0.1, 0.15) is 18.0 Å². The fourth-order valence-corrected chi connectivity index (χ4v) is 2.81. The van der Waals surface area contributed by atoms with Crippen molar-refractivity contribution in [2.75, 3.05) is 6.61 Å². The van der Waals surface area contributed by atoms with Crippen LogP contribution in [0, 0.1) is 17.2 Å². The van der Waals surface area contributed by atoms with E-state index in [4.69, 9.17) is 21.6 Å². The van der Waals surface area contributed by atoms with Crippen molar-refractivity contribution in [3.05, 3.63) is 28.8 Å². The molecule has 3 rings (SSSR count). The Balaban J connectivity index is 2.05. The lowest BCUT2D eigenvalue weighted by Crippen LogP contribution is -2.31. The quantitative estimate of drug-likeness (QED) is 0.736. The van der Waals surface area contributed by atoms with Crippen LogP contribution in [0.2, 0.25) is 5.02 Å². The van der Waals surface area contributed by atoms with Gasteiger partial charge in [-0.25, -0.2) is 10.9 Å². The first kappa shape index (κ1) is 10.8. The lowest BCUT2D eigenvalue weighted by atomic mass is 9.88. The van der Waals surface area contributed by atoms with Gasteiger partial charge < -0.3 is 4.74 Å². The highest BCUT2D eigenvalue weighted by Crippen LogP contribution is 2.41. The number of halogens is 1. The van der Waals surface area contributed by atoms with Crippen LogP contribution >= 0.6 is 11.6 Å². The van der Waals surface area contributed by atoms with Gasteiger partial charge in [0, 0.05) is 11.5 Å². The van der Waals surface area contributed by atoms with Gasteiger partial charge in [-0.1, -0.05) is 23.7 Å². The van der Waals surface area contributed by atoms with Crippen molar-refractivity contribution in [1.29, 1.82) is 5.26 Å². The zero-order valence-corrected chi connectivity index (χ0v) is 9.87. The van der Waals surface area contributed by atoms with Gasteiger partial charge in [0.1, 0.15) is 11.8 Å². The standard InChI is InChI=1S/C12H12ClN3O/c13-9-3-1-2-8-11-7(4-5-17-12(8)9)10(6-14)15-16-11/h1-3,7,10-11,15-16H,4-5H2. The predicted octanol–water partition coefficient (Wildman–Crippen LogP) is 1.78. The van der Waals surface area contributed by atoms with Crippen molar-refractivity contribution < 1.29 is 4.74 Å². The van der Waals surface area contributed by atoms with Gasteiger partial charge in [0.2, 0.25) is 0 Å². The fourth-order valence-electron chi connectivity index (χ4n) is 2.58. The van der Waals surface area contributed by atoms with E-state index in [0.29, 0.717) is 11.6 Å². The first-order valence-corrected chi connectivity index (χ1v) is 6.01. The van der Waals surface area contributed by atoms with Gasteiger partial charge in [-0.2, -0.15) is 5.26 Å². The molecule has 0 amide bonds. The summed E-state index contributed by atoms with van der Waals surface area (Å²) in [6.45, 7) is 0.597. The van der Waals surface area contributed by atoms with Crippen LogP contribution in [0.15, 0.2) is 18.2 Å². The highest BCUT2D eigenvalue weighted by Gasteiger charge is 2.39. The third kappa shape index (κ3) is 1.67. The van der Waals surface area contributed by atoms with Gasteiger partial charge in [-0.15, -0.1) is 0 Å². The first-order valence-electron chi connectivity index (χ1n) is 5.63. The van der Waals surface area contributed by atoms with Crippen LogP contribution in [-0.2, 0) is 0 Å². The highest BCUT2D eigenvalue weighted by molar-refractivity contribution is 6.32. The van der Waals surface area contributed by atoms with Crippen molar-refractivity contribution >= 4 is 11.6 Å². The van der Waals surface area contributed by atoms with Gasteiger partial charge in [0.05, 0.1) is 23.7 Å². The lowest BCUT2D eigenvalue weighted by molar-refractivity contribution is 0.289. The number of fused-ring (bicyclic) bond motifs is 3. The van der Waals surface area contributed by atoms with E-state index < -0.39 is 0 Å². The van der Waals surface area contributed by atoms with Gasteiger partial charge in [0.25, 0.3) is 0 Å². The van der Waals surface area contributed by atoms with Crippen molar-refractivity contribution in [3.63, 3.8) is 0 Å². The van der Waals surface area contributed by atoms with Crippen molar-refractivity contribution in [3.8, 4) is 11.8 Å². The summed E-state index contributed by atoms with van der Waals surface area (Å²) in [5, 5.41) is 9.71. The van der Waals surface area contributed by atoms with E-state index in [9.17, 15) is 0 Å². The molecule has 3 unspecified atom stereocenters. The zero-order valence-electron chi connectivity index (χ0n) is 9.11. The summed E-state index contributed by atoms with van der Waals surface area (Å²) >= 11 is 6.14. The average molecular weight is 250 g/mol. The van der Waals surface area contributed by atoms with E-state index >= 15 is 0 Å². The molecule has 2 aliphatic rings. The Hall–Kier alpha value is -1.28. The Morgan fingerprint density at radius 3 is 3.12 bits per heavy atom. The number of nitrogens with one attached hydrogen (secondary N) is 2. The molecule has 3 atom stereocenters. The largest absolute Gasteiger partial charge is 0.492 e. The molecular weight excluding hydrogens is 238 g/mol. The molecule has 0 spiro atoms. The molecule has 1 aromatic rings. The molecule has 0 bridgehead atoms. The zero-order chi connectivity index (χ0) is 11.8. The van der Waals surface area contributed by atoms with Crippen LogP contribution in [-0.4, -0.2) is 12.6 Å². The predicted molar refractivity (Wildman–Crippen MR) is 63.5 cm³/mol. The number of benzene rings is 1. The fraction of sp³-hybridized carbons (Fsp3) is 0.417. The van der Waals surface area contributed by atoms with Crippen LogP contribution in [0.4, 0.5) is 0 Å². The molecule has 0 aliphatic carbocycles. The van der Waals surface area contributed by atoms with E-state index in [1.165, 1.54) is 0 Å². The van der Waals surface area contributed by atoms with Crippen molar-refractivity contribution in [1.82, 2.24) is 10.9 Å². The van der Waals surface area contributed by atoms with Gasteiger partial charge in [-0.05, 0) is 12.5 Å². The molecule has 4 nitrogen and oxygen atoms in total. The molecule has 1 aromatic carbocycles. The minimum Gasteiger partial charge on any atom is -0.492 e. The van der Waals surface area contributed by atoms with Crippen molar-refractivity contribution in [2.45, 2.75) is 18.5 Å². The summed E-state index contributed by atoms with van der Waals surface area (Å²) in [5.74, 6) is 0.967. The molecule has 88 valence electrons. The third-order valence-corrected chi connectivity index (χ3v) is 3.72. The Labute approximate surface area is 104 Å². The molecule has 0 aromatic heterocycles. The van der Waals surface area contributed by atoms with E-state index in [-0.39, 0.29) is 18.0 Å². The van der Waals surface area contributed by atoms with E-state index in [1.54, 1.807) is 0 Å². The van der Waals surface area contributed by atoms with Crippen LogP contribution < -0.4 is 15.6 Å². The number of ether oxygens (including phenoxy) is 1. The summed E-state index contributed by atoms with van der Waals surface area (Å²) in [5.41, 5.74) is 7.23. The number of nitriles is 1. The second kappa shape index (κ2) is 4.19. The number of nitrogens with zero attached hydrogens (tertiary/aromatic N) is 1.